The Morgan fingerprint density at radius 1 is 1.36 bits per heavy atom. The molecule has 0 amide bonds. The number of carbonyl (C=O) groups excluding carboxylic acids is 1. The summed E-state index contributed by atoms with van der Waals surface area (Å²) in [4.78, 5) is 14.6. The first-order valence-corrected chi connectivity index (χ1v) is 4.22. The van der Waals surface area contributed by atoms with Crippen molar-refractivity contribution in [3.63, 3.8) is 0 Å². The van der Waals surface area contributed by atoms with Crippen LogP contribution in [-0.2, 0) is 0 Å². The van der Waals surface area contributed by atoms with Crippen molar-refractivity contribution in [3.05, 3.63) is 41.9 Å². The predicted octanol–water partition coefficient (Wildman–Crippen LogP) is 1.39. The van der Waals surface area contributed by atoms with Crippen LogP contribution in [0.25, 0.3) is 5.82 Å². The van der Waals surface area contributed by atoms with Crippen molar-refractivity contribution in [2.45, 2.75) is 6.92 Å². The van der Waals surface area contributed by atoms with Gasteiger partial charge in [0.15, 0.2) is 12.1 Å². The van der Waals surface area contributed by atoms with Crippen LogP contribution in [0, 0.1) is 6.92 Å². The third-order valence-electron chi connectivity index (χ3n) is 1.87. The molecule has 0 saturated carbocycles. The Kier molecular flexibility index (Phi) is 2.10. The highest BCUT2D eigenvalue weighted by atomic mass is 16.1. The lowest BCUT2D eigenvalue weighted by Crippen LogP contribution is -1.97. The lowest BCUT2D eigenvalue weighted by molar-refractivity contribution is 0.112. The molecule has 0 aliphatic heterocycles. The Labute approximate surface area is 81.2 Å². The monoisotopic (exact) mass is 187 g/mol. The van der Waals surface area contributed by atoms with Gasteiger partial charge in [-0.15, -0.1) is 0 Å². The summed E-state index contributed by atoms with van der Waals surface area (Å²) in [5.41, 5.74) is 1.64. The summed E-state index contributed by atoms with van der Waals surface area (Å²) in [6.07, 6.45) is 5.68. The first-order chi connectivity index (χ1) is 6.79. The molecule has 0 aliphatic rings. The standard InChI is InChI=1S/C10H9N3O/c1-8-2-3-10(11-4-8)13-6-9(7-14)5-12-13/h2-7H,1H3. The van der Waals surface area contributed by atoms with E-state index in [9.17, 15) is 4.79 Å². The van der Waals surface area contributed by atoms with Crippen LogP contribution in [0.3, 0.4) is 0 Å². The van der Waals surface area contributed by atoms with Crippen molar-refractivity contribution in [1.29, 1.82) is 0 Å². The average molecular weight is 187 g/mol. The third-order valence-corrected chi connectivity index (χ3v) is 1.87. The molecule has 2 aromatic rings. The van der Waals surface area contributed by atoms with Crippen molar-refractivity contribution in [2.75, 3.05) is 0 Å². The molecule has 2 heterocycles. The van der Waals surface area contributed by atoms with Crippen LogP contribution in [0.5, 0.6) is 0 Å². The molecule has 0 unspecified atom stereocenters. The predicted molar refractivity (Wildman–Crippen MR) is 51.5 cm³/mol. The molecule has 4 heteroatoms. The summed E-state index contributed by atoms with van der Waals surface area (Å²) < 4.78 is 1.57. The molecular weight excluding hydrogens is 178 g/mol. The first kappa shape index (κ1) is 8.62. The number of pyridine rings is 1. The lowest BCUT2D eigenvalue weighted by Gasteiger charge is -1.98. The van der Waals surface area contributed by atoms with E-state index in [1.807, 2.05) is 19.1 Å². The summed E-state index contributed by atoms with van der Waals surface area (Å²) in [6, 6.07) is 3.81. The van der Waals surface area contributed by atoms with Crippen molar-refractivity contribution < 1.29 is 4.79 Å². The second kappa shape index (κ2) is 3.41. The molecule has 0 atom stereocenters. The molecule has 0 spiro atoms. The summed E-state index contributed by atoms with van der Waals surface area (Å²) in [6.45, 7) is 1.97. The molecule has 0 aliphatic carbocycles. The van der Waals surface area contributed by atoms with E-state index < -0.39 is 0 Å². The molecule has 0 radical (unpaired) electrons. The van der Waals surface area contributed by atoms with Gasteiger partial charge in [-0.2, -0.15) is 5.10 Å². The first-order valence-electron chi connectivity index (χ1n) is 4.22. The minimum atomic E-state index is 0.548. The van der Waals surface area contributed by atoms with E-state index in [0.717, 1.165) is 11.8 Å². The van der Waals surface area contributed by atoms with E-state index in [2.05, 4.69) is 10.1 Å². The maximum absolute atomic E-state index is 10.4. The molecular formula is C10H9N3O. The van der Waals surface area contributed by atoms with Gasteiger partial charge < -0.3 is 0 Å². The van der Waals surface area contributed by atoms with Gasteiger partial charge in [0.25, 0.3) is 0 Å². The highest BCUT2D eigenvalue weighted by Gasteiger charge is 1.99. The van der Waals surface area contributed by atoms with Gasteiger partial charge in [0.05, 0.1) is 11.8 Å². The normalized spacial score (nSPS) is 10.1. The van der Waals surface area contributed by atoms with Crippen LogP contribution in [-0.4, -0.2) is 21.1 Å². The minimum absolute atomic E-state index is 0.548. The molecule has 70 valence electrons. The Balaban J connectivity index is 2.39. The zero-order valence-electron chi connectivity index (χ0n) is 7.71. The smallest absolute Gasteiger partial charge is 0.153 e. The van der Waals surface area contributed by atoms with Gasteiger partial charge >= 0.3 is 0 Å². The molecule has 4 nitrogen and oxygen atoms in total. The number of aromatic nitrogens is 3. The fourth-order valence-corrected chi connectivity index (χ4v) is 1.12. The van der Waals surface area contributed by atoms with Crippen molar-refractivity contribution in [3.8, 4) is 5.82 Å². The Morgan fingerprint density at radius 2 is 2.21 bits per heavy atom. The van der Waals surface area contributed by atoms with E-state index in [0.29, 0.717) is 11.4 Å². The number of hydrogen-bond donors (Lipinski definition) is 0. The number of rotatable bonds is 2. The number of nitrogens with zero attached hydrogens (tertiary/aromatic N) is 3. The zero-order chi connectivity index (χ0) is 9.97. The van der Waals surface area contributed by atoms with Gasteiger partial charge in [0.2, 0.25) is 0 Å². The molecule has 0 fully saturated rings. The van der Waals surface area contributed by atoms with Gasteiger partial charge in [-0.25, -0.2) is 9.67 Å². The number of aldehydes is 1. The fourth-order valence-electron chi connectivity index (χ4n) is 1.12. The molecule has 14 heavy (non-hydrogen) atoms. The van der Waals surface area contributed by atoms with Gasteiger partial charge in [-0.1, -0.05) is 6.07 Å². The molecule has 0 bridgehead atoms. The van der Waals surface area contributed by atoms with E-state index in [4.69, 9.17) is 0 Å². The van der Waals surface area contributed by atoms with Crippen LogP contribution in [0.4, 0.5) is 0 Å². The van der Waals surface area contributed by atoms with E-state index >= 15 is 0 Å². The van der Waals surface area contributed by atoms with Crippen LogP contribution < -0.4 is 0 Å². The SMILES string of the molecule is Cc1ccc(-n2cc(C=O)cn2)nc1. The quantitative estimate of drug-likeness (QED) is 0.667. The van der Waals surface area contributed by atoms with Gasteiger partial charge in [-0.3, -0.25) is 4.79 Å². The van der Waals surface area contributed by atoms with Crippen LogP contribution in [0.15, 0.2) is 30.7 Å². The molecule has 0 saturated heterocycles. The number of hydrogen-bond acceptors (Lipinski definition) is 3. The maximum Gasteiger partial charge on any atom is 0.153 e. The van der Waals surface area contributed by atoms with Gasteiger partial charge in [-0.05, 0) is 18.6 Å². The van der Waals surface area contributed by atoms with Crippen molar-refractivity contribution >= 4 is 6.29 Å². The molecule has 2 rings (SSSR count). The fraction of sp³-hybridized carbons (Fsp3) is 0.100. The Morgan fingerprint density at radius 3 is 2.79 bits per heavy atom. The lowest BCUT2D eigenvalue weighted by atomic mass is 10.3. The van der Waals surface area contributed by atoms with Gasteiger partial charge in [0.1, 0.15) is 0 Å². The van der Waals surface area contributed by atoms with Crippen LogP contribution in [0.2, 0.25) is 0 Å². The summed E-state index contributed by atoms with van der Waals surface area (Å²) in [5, 5.41) is 4.01. The van der Waals surface area contributed by atoms with E-state index in [1.165, 1.54) is 6.20 Å². The highest BCUT2D eigenvalue weighted by molar-refractivity contribution is 5.73. The Bertz CT molecular complexity index is 445. The number of carbonyl (C=O) groups is 1. The van der Waals surface area contributed by atoms with Gasteiger partial charge in [0, 0.05) is 12.4 Å². The minimum Gasteiger partial charge on any atom is -0.298 e. The maximum atomic E-state index is 10.4. The van der Waals surface area contributed by atoms with E-state index in [1.54, 1.807) is 17.1 Å². The largest absolute Gasteiger partial charge is 0.298 e. The summed E-state index contributed by atoms with van der Waals surface area (Å²) in [5.74, 6) is 0.712. The topological polar surface area (TPSA) is 47.8 Å². The number of aryl methyl sites for hydroxylation is 1. The molecule has 2 aromatic heterocycles. The Hall–Kier alpha value is -1.97. The van der Waals surface area contributed by atoms with Crippen molar-refractivity contribution in [1.82, 2.24) is 14.8 Å². The second-order valence-corrected chi connectivity index (χ2v) is 3.03. The average Bonchev–Trinajstić information content (AvgIpc) is 2.67. The second-order valence-electron chi connectivity index (χ2n) is 3.03. The molecule has 0 aromatic carbocycles. The highest BCUT2D eigenvalue weighted by Crippen LogP contribution is 2.04. The van der Waals surface area contributed by atoms with Crippen LogP contribution >= 0.6 is 0 Å². The zero-order valence-corrected chi connectivity index (χ0v) is 7.71. The van der Waals surface area contributed by atoms with Crippen molar-refractivity contribution in [2.24, 2.45) is 0 Å². The molecule has 0 N–H and O–H groups in total. The summed E-state index contributed by atoms with van der Waals surface area (Å²) in [7, 11) is 0. The van der Waals surface area contributed by atoms with Crippen LogP contribution in [0.1, 0.15) is 15.9 Å². The van der Waals surface area contributed by atoms with E-state index in [-0.39, 0.29) is 0 Å². The third kappa shape index (κ3) is 1.54. The summed E-state index contributed by atoms with van der Waals surface area (Å²) >= 11 is 0.